The fourth-order valence-electron chi connectivity index (χ4n) is 3.82. The summed E-state index contributed by atoms with van der Waals surface area (Å²) in [5.41, 5.74) is 6.44. The summed E-state index contributed by atoms with van der Waals surface area (Å²) >= 11 is 0. The van der Waals surface area contributed by atoms with Crippen molar-refractivity contribution < 1.29 is 0 Å². The van der Waals surface area contributed by atoms with Crippen LogP contribution in [0.25, 0.3) is 43.9 Å². The van der Waals surface area contributed by atoms with Crippen molar-refractivity contribution >= 4 is 21.5 Å². The molecule has 0 saturated heterocycles. The predicted octanol–water partition coefficient (Wildman–Crippen LogP) is 6.73. The van der Waals surface area contributed by atoms with E-state index in [-0.39, 0.29) is 0 Å². The molecule has 134 valence electrons. The van der Waals surface area contributed by atoms with E-state index in [0.717, 1.165) is 22.6 Å². The number of rotatable bonds is 2. The predicted molar refractivity (Wildman–Crippen MR) is 117 cm³/mol. The van der Waals surface area contributed by atoms with E-state index in [0.29, 0.717) is 0 Å². The molecule has 4 aromatic carbocycles. The summed E-state index contributed by atoms with van der Waals surface area (Å²) in [5, 5.41) is 4.98. The number of aromatic nitrogens is 2. The smallest absolute Gasteiger partial charge is 0.0914 e. The van der Waals surface area contributed by atoms with Gasteiger partial charge in [-0.05, 0) is 64.7 Å². The number of nitrogens with zero attached hydrogens (tertiary/aromatic N) is 2. The third kappa shape index (κ3) is 2.93. The standard InChI is InChI=1S/C26H20N2/c1-17-16-27-26(18(2)28-17)25-12-11-23-14-22(9-10-24(23)15-25)21-8-7-19-5-3-4-6-20(19)13-21/h3-16H,1-2H3. The highest BCUT2D eigenvalue weighted by Gasteiger charge is 2.07. The van der Waals surface area contributed by atoms with Crippen LogP contribution in [0.1, 0.15) is 11.4 Å². The van der Waals surface area contributed by atoms with Crippen molar-refractivity contribution in [1.29, 1.82) is 0 Å². The van der Waals surface area contributed by atoms with Crippen molar-refractivity contribution in [3.8, 4) is 22.4 Å². The molecule has 0 N–H and O–H groups in total. The molecule has 0 aliphatic carbocycles. The van der Waals surface area contributed by atoms with Crippen LogP contribution in [0.3, 0.4) is 0 Å². The van der Waals surface area contributed by atoms with Crippen LogP contribution in [-0.4, -0.2) is 9.97 Å². The molecule has 1 aromatic heterocycles. The van der Waals surface area contributed by atoms with Gasteiger partial charge in [0.05, 0.1) is 17.1 Å². The second kappa shape index (κ2) is 6.58. The molecule has 2 nitrogen and oxygen atoms in total. The largest absolute Gasteiger partial charge is 0.255 e. The van der Waals surface area contributed by atoms with Crippen molar-refractivity contribution in [2.75, 3.05) is 0 Å². The lowest BCUT2D eigenvalue weighted by Gasteiger charge is -2.09. The van der Waals surface area contributed by atoms with E-state index in [1.807, 2.05) is 20.0 Å². The van der Waals surface area contributed by atoms with E-state index in [9.17, 15) is 0 Å². The monoisotopic (exact) mass is 360 g/mol. The first-order chi connectivity index (χ1) is 13.7. The first kappa shape index (κ1) is 16.6. The van der Waals surface area contributed by atoms with E-state index in [4.69, 9.17) is 0 Å². The molecule has 0 bridgehead atoms. The molecule has 0 fully saturated rings. The molecule has 0 aliphatic heterocycles. The van der Waals surface area contributed by atoms with Crippen LogP contribution in [0.5, 0.6) is 0 Å². The highest BCUT2D eigenvalue weighted by Crippen LogP contribution is 2.30. The SMILES string of the molecule is Cc1cnc(-c2ccc3cc(-c4ccc5ccccc5c4)ccc3c2)c(C)n1. The molecule has 1 heterocycles. The van der Waals surface area contributed by atoms with Crippen LogP contribution in [0.4, 0.5) is 0 Å². The summed E-state index contributed by atoms with van der Waals surface area (Å²) < 4.78 is 0. The molecule has 0 radical (unpaired) electrons. The fourth-order valence-corrected chi connectivity index (χ4v) is 3.82. The van der Waals surface area contributed by atoms with Gasteiger partial charge in [0, 0.05) is 11.8 Å². The van der Waals surface area contributed by atoms with Crippen molar-refractivity contribution in [2.24, 2.45) is 0 Å². The van der Waals surface area contributed by atoms with Crippen LogP contribution in [0, 0.1) is 13.8 Å². The molecular formula is C26H20N2. The number of hydrogen-bond acceptors (Lipinski definition) is 2. The van der Waals surface area contributed by atoms with Crippen LogP contribution in [0.15, 0.2) is 85.1 Å². The Kier molecular flexibility index (Phi) is 3.91. The molecule has 0 unspecified atom stereocenters. The summed E-state index contributed by atoms with van der Waals surface area (Å²) in [6, 6.07) is 28.3. The molecule has 0 amide bonds. The number of aryl methyl sites for hydroxylation is 2. The summed E-state index contributed by atoms with van der Waals surface area (Å²) in [6.45, 7) is 3.99. The highest BCUT2D eigenvalue weighted by molar-refractivity contribution is 5.93. The average molecular weight is 360 g/mol. The van der Waals surface area contributed by atoms with Crippen molar-refractivity contribution in [2.45, 2.75) is 13.8 Å². The van der Waals surface area contributed by atoms with Gasteiger partial charge in [0.15, 0.2) is 0 Å². The maximum Gasteiger partial charge on any atom is 0.0914 e. The lowest BCUT2D eigenvalue weighted by Crippen LogP contribution is -1.94. The van der Waals surface area contributed by atoms with Gasteiger partial charge in [-0.1, -0.05) is 60.7 Å². The van der Waals surface area contributed by atoms with E-state index in [1.54, 1.807) is 0 Å². The zero-order valence-corrected chi connectivity index (χ0v) is 16.0. The lowest BCUT2D eigenvalue weighted by atomic mass is 9.97. The van der Waals surface area contributed by atoms with Crippen LogP contribution < -0.4 is 0 Å². The van der Waals surface area contributed by atoms with E-state index >= 15 is 0 Å². The quantitative estimate of drug-likeness (QED) is 0.349. The Morgan fingerprint density at radius 2 is 1.11 bits per heavy atom. The topological polar surface area (TPSA) is 25.8 Å². The Bertz CT molecular complexity index is 1340. The Morgan fingerprint density at radius 1 is 0.571 bits per heavy atom. The van der Waals surface area contributed by atoms with Gasteiger partial charge in [-0.15, -0.1) is 0 Å². The third-order valence-electron chi connectivity index (χ3n) is 5.26. The number of fused-ring (bicyclic) bond motifs is 2. The highest BCUT2D eigenvalue weighted by atomic mass is 14.8. The van der Waals surface area contributed by atoms with Gasteiger partial charge < -0.3 is 0 Å². The fraction of sp³-hybridized carbons (Fsp3) is 0.0769. The van der Waals surface area contributed by atoms with Crippen molar-refractivity contribution in [3.05, 3.63) is 96.4 Å². The Hall–Kier alpha value is -3.52. The van der Waals surface area contributed by atoms with Gasteiger partial charge in [-0.2, -0.15) is 0 Å². The van der Waals surface area contributed by atoms with Crippen molar-refractivity contribution in [3.63, 3.8) is 0 Å². The Morgan fingerprint density at radius 3 is 1.79 bits per heavy atom. The van der Waals surface area contributed by atoms with Gasteiger partial charge in [0.25, 0.3) is 0 Å². The minimum Gasteiger partial charge on any atom is -0.255 e. The first-order valence-corrected chi connectivity index (χ1v) is 9.51. The third-order valence-corrected chi connectivity index (χ3v) is 5.26. The molecule has 0 saturated carbocycles. The zero-order valence-electron chi connectivity index (χ0n) is 16.0. The molecule has 28 heavy (non-hydrogen) atoms. The van der Waals surface area contributed by atoms with Gasteiger partial charge >= 0.3 is 0 Å². The number of hydrogen-bond donors (Lipinski definition) is 0. The Labute approximate surface area is 164 Å². The summed E-state index contributed by atoms with van der Waals surface area (Å²) in [4.78, 5) is 9.13. The normalized spacial score (nSPS) is 11.2. The maximum atomic E-state index is 4.59. The molecule has 5 aromatic rings. The second-order valence-corrected chi connectivity index (χ2v) is 7.28. The van der Waals surface area contributed by atoms with Gasteiger partial charge in [0.1, 0.15) is 0 Å². The minimum absolute atomic E-state index is 0.946. The summed E-state index contributed by atoms with van der Waals surface area (Å²) in [6.07, 6.45) is 1.83. The van der Waals surface area contributed by atoms with Crippen LogP contribution in [-0.2, 0) is 0 Å². The molecule has 2 heteroatoms. The average Bonchev–Trinajstić information content (AvgIpc) is 2.73. The Balaban J connectivity index is 1.58. The second-order valence-electron chi connectivity index (χ2n) is 7.28. The molecule has 0 aliphatic rings. The van der Waals surface area contributed by atoms with E-state index in [1.165, 1.54) is 32.7 Å². The summed E-state index contributed by atoms with van der Waals surface area (Å²) in [5.74, 6) is 0. The minimum atomic E-state index is 0.946. The van der Waals surface area contributed by atoms with Gasteiger partial charge in [-0.3, -0.25) is 9.97 Å². The van der Waals surface area contributed by atoms with Gasteiger partial charge in [-0.25, -0.2) is 0 Å². The van der Waals surface area contributed by atoms with Crippen LogP contribution >= 0.6 is 0 Å². The van der Waals surface area contributed by atoms with E-state index < -0.39 is 0 Å². The maximum absolute atomic E-state index is 4.59. The van der Waals surface area contributed by atoms with Gasteiger partial charge in [0.2, 0.25) is 0 Å². The summed E-state index contributed by atoms with van der Waals surface area (Å²) in [7, 11) is 0. The van der Waals surface area contributed by atoms with Crippen molar-refractivity contribution in [1.82, 2.24) is 9.97 Å². The van der Waals surface area contributed by atoms with E-state index in [2.05, 4.69) is 88.8 Å². The van der Waals surface area contributed by atoms with Crippen LogP contribution in [0.2, 0.25) is 0 Å². The number of benzene rings is 4. The molecule has 5 rings (SSSR count). The zero-order chi connectivity index (χ0) is 19.1. The molecule has 0 spiro atoms. The molecular weight excluding hydrogens is 340 g/mol. The first-order valence-electron chi connectivity index (χ1n) is 9.51. The lowest BCUT2D eigenvalue weighted by molar-refractivity contribution is 1.06. The molecule has 0 atom stereocenters.